The molecule has 1 heterocycles. The SMILES string of the molecule is COC(C)Cn1cccc1C(N)=S. The lowest BCUT2D eigenvalue weighted by Crippen LogP contribution is -2.20. The highest BCUT2D eigenvalue weighted by Crippen LogP contribution is 2.04. The van der Waals surface area contributed by atoms with Gasteiger partial charge < -0.3 is 15.0 Å². The second kappa shape index (κ2) is 4.39. The minimum absolute atomic E-state index is 0.167. The summed E-state index contributed by atoms with van der Waals surface area (Å²) >= 11 is 4.91. The van der Waals surface area contributed by atoms with Crippen molar-refractivity contribution in [3.05, 3.63) is 24.0 Å². The Labute approximate surface area is 83.5 Å². The molecule has 72 valence electrons. The van der Waals surface area contributed by atoms with Crippen molar-refractivity contribution in [3.63, 3.8) is 0 Å². The summed E-state index contributed by atoms with van der Waals surface area (Å²) in [6.45, 7) is 2.78. The second-order valence-corrected chi connectivity index (χ2v) is 3.40. The number of hydrogen-bond donors (Lipinski definition) is 1. The number of nitrogens with two attached hydrogens (primary N) is 1. The molecule has 0 spiro atoms. The maximum atomic E-state index is 5.55. The van der Waals surface area contributed by atoms with Gasteiger partial charge in [0.25, 0.3) is 0 Å². The van der Waals surface area contributed by atoms with Gasteiger partial charge in [0.1, 0.15) is 4.99 Å². The molecule has 0 saturated heterocycles. The fourth-order valence-electron chi connectivity index (χ4n) is 1.15. The smallest absolute Gasteiger partial charge is 0.120 e. The number of nitrogens with zero attached hydrogens (tertiary/aromatic N) is 1. The van der Waals surface area contributed by atoms with Crippen LogP contribution in [0.1, 0.15) is 12.6 Å². The van der Waals surface area contributed by atoms with Crippen molar-refractivity contribution in [2.75, 3.05) is 7.11 Å². The Kier molecular flexibility index (Phi) is 3.45. The molecule has 0 fully saturated rings. The molecule has 0 amide bonds. The second-order valence-electron chi connectivity index (χ2n) is 2.96. The topological polar surface area (TPSA) is 40.2 Å². The normalized spacial score (nSPS) is 12.8. The largest absolute Gasteiger partial charge is 0.388 e. The zero-order valence-electron chi connectivity index (χ0n) is 7.86. The number of hydrogen-bond acceptors (Lipinski definition) is 2. The Morgan fingerprint density at radius 3 is 3.00 bits per heavy atom. The summed E-state index contributed by atoms with van der Waals surface area (Å²) in [6.07, 6.45) is 2.12. The Morgan fingerprint density at radius 1 is 1.77 bits per heavy atom. The van der Waals surface area contributed by atoms with Crippen LogP contribution in [-0.4, -0.2) is 22.8 Å². The zero-order chi connectivity index (χ0) is 9.84. The highest BCUT2D eigenvalue weighted by Gasteiger charge is 2.06. The molecular weight excluding hydrogens is 184 g/mol. The van der Waals surface area contributed by atoms with Gasteiger partial charge in [-0.3, -0.25) is 0 Å². The monoisotopic (exact) mass is 198 g/mol. The van der Waals surface area contributed by atoms with Crippen LogP contribution in [0.15, 0.2) is 18.3 Å². The van der Waals surface area contributed by atoms with E-state index in [4.69, 9.17) is 22.7 Å². The average molecular weight is 198 g/mol. The first-order chi connectivity index (χ1) is 6.15. The van der Waals surface area contributed by atoms with E-state index in [0.29, 0.717) is 4.99 Å². The maximum Gasteiger partial charge on any atom is 0.120 e. The molecular formula is C9H14N2OS. The van der Waals surface area contributed by atoms with Crippen molar-refractivity contribution in [2.24, 2.45) is 5.73 Å². The van der Waals surface area contributed by atoms with Gasteiger partial charge in [-0.25, -0.2) is 0 Å². The quantitative estimate of drug-likeness (QED) is 0.738. The van der Waals surface area contributed by atoms with Crippen LogP contribution in [0.3, 0.4) is 0 Å². The van der Waals surface area contributed by atoms with Crippen LogP contribution >= 0.6 is 12.2 Å². The lowest BCUT2D eigenvalue weighted by molar-refractivity contribution is 0.103. The molecule has 1 aromatic rings. The van der Waals surface area contributed by atoms with Crippen LogP contribution in [0.5, 0.6) is 0 Å². The molecule has 1 rings (SSSR count). The van der Waals surface area contributed by atoms with E-state index in [1.807, 2.05) is 29.8 Å². The molecule has 0 bridgehead atoms. The molecule has 1 atom stereocenters. The Hall–Kier alpha value is -0.870. The fourth-order valence-corrected chi connectivity index (χ4v) is 1.33. The van der Waals surface area contributed by atoms with E-state index >= 15 is 0 Å². The van der Waals surface area contributed by atoms with E-state index < -0.39 is 0 Å². The molecule has 0 saturated carbocycles. The van der Waals surface area contributed by atoms with Crippen molar-refractivity contribution >= 4 is 17.2 Å². The molecule has 0 radical (unpaired) electrons. The van der Waals surface area contributed by atoms with Gasteiger partial charge in [0.05, 0.1) is 11.8 Å². The predicted octanol–water partition coefficient (Wildman–Crippen LogP) is 1.16. The van der Waals surface area contributed by atoms with Crippen molar-refractivity contribution in [3.8, 4) is 0 Å². The number of thiocarbonyl (C=S) groups is 1. The highest BCUT2D eigenvalue weighted by molar-refractivity contribution is 7.80. The van der Waals surface area contributed by atoms with Gasteiger partial charge >= 0.3 is 0 Å². The third-order valence-corrected chi connectivity index (χ3v) is 2.15. The summed E-state index contributed by atoms with van der Waals surface area (Å²) in [5.41, 5.74) is 6.43. The van der Waals surface area contributed by atoms with Crippen LogP contribution < -0.4 is 5.73 Å². The predicted molar refractivity (Wildman–Crippen MR) is 56.8 cm³/mol. The number of rotatable bonds is 4. The minimum Gasteiger partial charge on any atom is -0.388 e. The summed E-state index contributed by atoms with van der Waals surface area (Å²) in [6, 6.07) is 3.83. The molecule has 1 aromatic heterocycles. The van der Waals surface area contributed by atoms with Gasteiger partial charge in [-0.05, 0) is 19.1 Å². The maximum absolute atomic E-state index is 5.55. The fraction of sp³-hybridized carbons (Fsp3) is 0.444. The van der Waals surface area contributed by atoms with E-state index in [1.165, 1.54) is 0 Å². The molecule has 0 aliphatic carbocycles. The minimum atomic E-state index is 0.167. The molecule has 0 aromatic carbocycles. The standard InChI is InChI=1S/C9H14N2OS/c1-7(12-2)6-11-5-3-4-8(11)9(10)13/h3-5,7H,6H2,1-2H3,(H2,10,13). The van der Waals surface area contributed by atoms with Crippen LogP contribution in [0.2, 0.25) is 0 Å². The highest BCUT2D eigenvalue weighted by atomic mass is 32.1. The first-order valence-corrected chi connectivity index (χ1v) is 4.53. The van der Waals surface area contributed by atoms with Crippen LogP contribution in [0.4, 0.5) is 0 Å². The molecule has 13 heavy (non-hydrogen) atoms. The van der Waals surface area contributed by atoms with E-state index in [0.717, 1.165) is 12.2 Å². The van der Waals surface area contributed by atoms with E-state index in [9.17, 15) is 0 Å². The third kappa shape index (κ3) is 2.54. The Morgan fingerprint density at radius 2 is 2.46 bits per heavy atom. The molecule has 3 nitrogen and oxygen atoms in total. The van der Waals surface area contributed by atoms with Crippen molar-refractivity contribution < 1.29 is 4.74 Å². The van der Waals surface area contributed by atoms with Crippen molar-refractivity contribution in [2.45, 2.75) is 19.6 Å². The summed E-state index contributed by atoms with van der Waals surface area (Å²) in [7, 11) is 1.69. The summed E-state index contributed by atoms with van der Waals surface area (Å²) in [5.74, 6) is 0. The average Bonchev–Trinajstić information content (AvgIpc) is 2.52. The lowest BCUT2D eigenvalue weighted by Gasteiger charge is -2.12. The van der Waals surface area contributed by atoms with Gasteiger partial charge in [-0.2, -0.15) is 0 Å². The van der Waals surface area contributed by atoms with Gasteiger partial charge in [-0.1, -0.05) is 12.2 Å². The van der Waals surface area contributed by atoms with Gasteiger partial charge in [0.2, 0.25) is 0 Å². The summed E-state index contributed by atoms with van der Waals surface area (Å²) < 4.78 is 7.15. The molecule has 0 aliphatic heterocycles. The number of methoxy groups -OCH3 is 1. The first kappa shape index (κ1) is 10.2. The van der Waals surface area contributed by atoms with Crippen molar-refractivity contribution in [1.29, 1.82) is 0 Å². The van der Waals surface area contributed by atoms with Crippen LogP contribution in [0, 0.1) is 0 Å². The van der Waals surface area contributed by atoms with Crippen molar-refractivity contribution in [1.82, 2.24) is 4.57 Å². The Bertz CT molecular complexity index is 296. The summed E-state index contributed by atoms with van der Waals surface area (Å²) in [5, 5.41) is 0. The lowest BCUT2D eigenvalue weighted by atomic mass is 10.3. The summed E-state index contributed by atoms with van der Waals surface area (Å²) in [4.78, 5) is 0.424. The zero-order valence-corrected chi connectivity index (χ0v) is 8.67. The van der Waals surface area contributed by atoms with E-state index in [2.05, 4.69) is 0 Å². The first-order valence-electron chi connectivity index (χ1n) is 4.13. The molecule has 4 heteroatoms. The Balaban J connectivity index is 2.76. The number of aromatic nitrogens is 1. The third-order valence-electron chi connectivity index (χ3n) is 1.94. The van der Waals surface area contributed by atoms with Crippen LogP contribution in [-0.2, 0) is 11.3 Å². The van der Waals surface area contributed by atoms with Gasteiger partial charge in [-0.15, -0.1) is 0 Å². The van der Waals surface area contributed by atoms with Gasteiger partial charge in [0.15, 0.2) is 0 Å². The van der Waals surface area contributed by atoms with Crippen LogP contribution in [0.25, 0.3) is 0 Å². The van der Waals surface area contributed by atoms with Gasteiger partial charge in [0, 0.05) is 19.9 Å². The molecule has 0 aliphatic rings. The molecule has 1 unspecified atom stereocenters. The van der Waals surface area contributed by atoms with E-state index in [1.54, 1.807) is 7.11 Å². The number of ether oxygens (including phenoxy) is 1. The van der Waals surface area contributed by atoms with E-state index in [-0.39, 0.29) is 6.10 Å². The molecule has 2 N–H and O–H groups in total.